The predicted octanol–water partition coefficient (Wildman–Crippen LogP) is 0.658. The second-order valence-electron chi connectivity index (χ2n) is 3.84. The summed E-state index contributed by atoms with van der Waals surface area (Å²) < 4.78 is 37.1. The third kappa shape index (κ3) is 2.20. The smallest absolute Gasteiger partial charge is 0.423 e. The summed E-state index contributed by atoms with van der Waals surface area (Å²) in [5.41, 5.74) is -0.736. The maximum Gasteiger partial charge on any atom is 0.490 e. The molecule has 0 bridgehead atoms. The fourth-order valence-electron chi connectivity index (χ4n) is 1.55. The number of halogens is 3. The van der Waals surface area contributed by atoms with Crippen LogP contribution in [0.2, 0.25) is 0 Å². The summed E-state index contributed by atoms with van der Waals surface area (Å²) in [4.78, 5) is 3.69. The zero-order valence-electron chi connectivity index (χ0n) is 8.20. The minimum Gasteiger partial charge on any atom is -0.423 e. The van der Waals surface area contributed by atoms with Gasteiger partial charge in [-0.1, -0.05) is 0 Å². The van der Waals surface area contributed by atoms with Crippen LogP contribution < -0.4 is 5.46 Å². The lowest BCUT2D eigenvalue weighted by atomic mass is 9.77. The number of nitrogens with zero attached hydrogens (tertiary/aromatic N) is 1. The van der Waals surface area contributed by atoms with Crippen molar-refractivity contribution in [1.29, 1.82) is 0 Å². The van der Waals surface area contributed by atoms with Crippen molar-refractivity contribution in [3.8, 4) is 0 Å². The van der Waals surface area contributed by atoms with Gasteiger partial charge in [-0.05, 0) is 18.9 Å². The lowest BCUT2D eigenvalue weighted by Crippen LogP contribution is -2.34. The van der Waals surface area contributed by atoms with Crippen LogP contribution in [-0.4, -0.2) is 22.2 Å². The van der Waals surface area contributed by atoms with E-state index < -0.39 is 18.9 Å². The van der Waals surface area contributed by atoms with Crippen molar-refractivity contribution in [2.45, 2.75) is 24.9 Å². The largest absolute Gasteiger partial charge is 0.490 e. The molecule has 7 heteroatoms. The summed E-state index contributed by atoms with van der Waals surface area (Å²) >= 11 is 0. The molecule has 0 aliphatic heterocycles. The summed E-state index contributed by atoms with van der Waals surface area (Å²) in [6.45, 7) is 0. The Labute approximate surface area is 90.1 Å². The molecule has 86 valence electrons. The molecule has 1 aromatic heterocycles. The number of rotatable bonds is 2. The third-order valence-electron chi connectivity index (χ3n) is 2.52. The van der Waals surface area contributed by atoms with Crippen LogP contribution in [0.4, 0.5) is 13.2 Å². The molecule has 0 amide bonds. The van der Waals surface area contributed by atoms with Crippen LogP contribution in [0.1, 0.15) is 30.0 Å². The van der Waals surface area contributed by atoms with Crippen LogP contribution in [0.5, 0.6) is 0 Å². The number of hydrogen-bond donors (Lipinski definition) is 2. The van der Waals surface area contributed by atoms with Crippen LogP contribution in [0.15, 0.2) is 12.3 Å². The molecule has 1 aromatic rings. The number of aromatic nitrogens is 1. The van der Waals surface area contributed by atoms with Crippen molar-refractivity contribution >= 4 is 12.6 Å². The minimum atomic E-state index is -4.52. The molecule has 0 atom stereocenters. The van der Waals surface area contributed by atoms with E-state index in [0.29, 0.717) is 5.69 Å². The molecule has 1 saturated carbocycles. The highest BCUT2D eigenvalue weighted by Crippen LogP contribution is 2.39. The van der Waals surface area contributed by atoms with Gasteiger partial charge in [0.1, 0.15) is 0 Å². The van der Waals surface area contributed by atoms with Gasteiger partial charge in [-0.3, -0.25) is 4.98 Å². The van der Waals surface area contributed by atoms with Gasteiger partial charge in [0, 0.05) is 23.3 Å². The number of pyridine rings is 1. The van der Waals surface area contributed by atoms with Gasteiger partial charge < -0.3 is 10.0 Å². The first-order valence-electron chi connectivity index (χ1n) is 4.83. The highest BCUT2D eigenvalue weighted by Gasteiger charge is 2.36. The molecule has 2 rings (SSSR count). The molecule has 0 saturated heterocycles. The highest BCUT2D eigenvalue weighted by molar-refractivity contribution is 6.59. The Morgan fingerprint density at radius 2 is 1.94 bits per heavy atom. The van der Waals surface area contributed by atoms with Crippen LogP contribution >= 0.6 is 0 Å². The summed E-state index contributed by atoms with van der Waals surface area (Å²) in [5, 5.41) is 18.0. The van der Waals surface area contributed by atoms with Crippen molar-refractivity contribution in [3.05, 3.63) is 23.5 Å². The second kappa shape index (κ2) is 3.74. The van der Waals surface area contributed by atoms with Crippen molar-refractivity contribution in [1.82, 2.24) is 4.98 Å². The van der Waals surface area contributed by atoms with Gasteiger partial charge in [-0.15, -0.1) is 0 Å². The molecular weight excluding hydrogens is 222 g/mol. The van der Waals surface area contributed by atoms with E-state index in [1.54, 1.807) is 0 Å². The maximum absolute atomic E-state index is 12.4. The molecule has 3 nitrogen and oxygen atoms in total. The van der Waals surface area contributed by atoms with E-state index in [2.05, 4.69) is 4.98 Å². The molecule has 1 aliphatic carbocycles. The van der Waals surface area contributed by atoms with Crippen LogP contribution in [0.3, 0.4) is 0 Å². The normalized spacial score (nSPS) is 16.3. The lowest BCUT2D eigenvalue weighted by Gasteiger charge is -2.11. The van der Waals surface area contributed by atoms with Gasteiger partial charge in [0.15, 0.2) is 0 Å². The monoisotopic (exact) mass is 231 g/mol. The van der Waals surface area contributed by atoms with Crippen molar-refractivity contribution in [2.24, 2.45) is 0 Å². The maximum atomic E-state index is 12.4. The first-order chi connectivity index (χ1) is 7.39. The van der Waals surface area contributed by atoms with Gasteiger partial charge in [0.25, 0.3) is 0 Å². The molecule has 1 aliphatic rings. The SMILES string of the molecule is OB(O)c1cc(C(F)(F)F)cnc1C1CC1. The average molecular weight is 231 g/mol. The molecule has 0 aromatic carbocycles. The minimum absolute atomic E-state index is 0.0686. The first-order valence-corrected chi connectivity index (χ1v) is 4.83. The van der Waals surface area contributed by atoms with E-state index in [0.717, 1.165) is 25.1 Å². The molecule has 16 heavy (non-hydrogen) atoms. The van der Waals surface area contributed by atoms with Gasteiger partial charge >= 0.3 is 13.3 Å². The first kappa shape index (κ1) is 11.4. The van der Waals surface area contributed by atoms with Gasteiger partial charge in [-0.25, -0.2) is 0 Å². The van der Waals surface area contributed by atoms with E-state index in [1.807, 2.05) is 0 Å². The van der Waals surface area contributed by atoms with Gasteiger partial charge in [-0.2, -0.15) is 13.2 Å². The zero-order valence-corrected chi connectivity index (χ0v) is 8.20. The molecule has 0 radical (unpaired) electrons. The quantitative estimate of drug-likeness (QED) is 0.735. The van der Waals surface area contributed by atoms with E-state index in [9.17, 15) is 13.2 Å². The van der Waals surface area contributed by atoms with Gasteiger partial charge in [0.2, 0.25) is 0 Å². The van der Waals surface area contributed by atoms with E-state index >= 15 is 0 Å². The Hall–Kier alpha value is -1.08. The van der Waals surface area contributed by atoms with Crippen molar-refractivity contribution < 1.29 is 23.2 Å². The summed E-state index contributed by atoms with van der Waals surface area (Å²) in [6, 6.07) is 0.755. The lowest BCUT2D eigenvalue weighted by molar-refractivity contribution is -0.137. The predicted molar refractivity (Wildman–Crippen MR) is 51.0 cm³/mol. The Kier molecular flexibility index (Phi) is 2.67. The summed E-state index contributed by atoms with van der Waals surface area (Å²) in [7, 11) is -1.91. The van der Waals surface area contributed by atoms with Crippen LogP contribution in [0, 0.1) is 0 Å². The van der Waals surface area contributed by atoms with Gasteiger partial charge in [0.05, 0.1) is 5.56 Å². The molecular formula is C9H9BF3NO2. The Morgan fingerprint density at radius 1 is 1.31 bits per heavy atom. The molecule has 0 unspecified atom stereocenters. The summed E-state index contributed by atoms with van der Waals surface area (Å²) in [5.74, 6) is 0.0686. The van der Waals surface area contributed by atoms with Crippen LogP contribution in [-0.2, 0) is 6.18 Å². The number of alkyl halides is 3. The molecule has 1 heterocycles. The number of hydrogen-bond acceptors (Lipinski definition) is 3. The Balaban J connectivity index is 2.43. The van der Waals surface area contributed by atoms with Crippen LogP contribution in [0.25, 0.3) is 0 Å². The molecule has 1 fully saturated rings. The Morgan fingerprint density at radius 3 is 2.38 bits per heavy atom. The van der Waals surface area contributed by atoms with E-state index in [-0.39, 0.29) is 11.4 Å². The molecule has 2 N–H and O–H groups in total. The highest BCUT2D eigenvalue weighted by atomic mass is 19.4. The van der Waals surface area contributed by atoms with Crippen molar-refractivity contribution in [3.63, 3.8) is 0 Å². The fourth-order valence-corrected chi connectivity index (χ4v) is 1.55. The standard InChI is InChI=1S/C9H9BF3NO2/c11-9(12,13)6-3-7(10(15)16)8(14-4-6)5-1-2-5/h3-5,15-16H,1-2H2. The summed E-state index contributed by atoms with van der Waals surface area (Å²) in [6.07, 6.45) is -2.12. The second-order valence-corrected chi connectivity index (χ2v) is 3.84. The zero-order chi connectivity index (χ0) is 11.9. The fraction of sp³-hybridized carbons (Fsp3) is 0.444. The average Bonchev–Trinajstić information content (AvgIpc) is 2.98. The van der Waals surface area contributed by atoms with Crippen molar-refractivity contribution in [2.75, 3.05) is 0 Å². The van der Waals surface area contributed by atoms with E-state index in [1.165, 1.54) is 0 Å². The third-order valence-corrected chi connectivity index (χ3v) is 2.52. The van der Waals surface area contributed by atoms with E-state index in [4.69, 9.17) is 10.0 Å². The molecule has 0 spiro atoms. The Bertz CT molecular complexity index is 404. The topological polar surface area (TPSA) is 53.4 Å².